The Labute approximate surface area is 163 Å². The molecule has 1 unspecified atom stereocenters. The first-order valence-electron chi connectivity index (χ1n) is 8.60. The van der Waals surface area contributed by atoms with Gasteiger partial charge in [-0.25, -0.2) is 8.42 Å². The van der Waals surface area contributed by atoms with Gasteiger partial charge in [-0.3, -0.25) is 4.79 Å². The zero-order valence-electron chi connectivity index (χ0n) is 15.1. The van der Waals surface area contributed by atoms with E-state index in [1.807, 2.05) is 0 Å². The van der Waals surface area contributed by atoms with E-state index in [0.717, 1.165) is 0 Å². The molecule has 1 aromatic rings. The van der Waals surface area contributed by atoms with Crippen LogP contribution in [0.4, 0.5) is 0 Å². The van der Waals surface area contributed by atoms with Gasteiger partial charge in [-0.1, -0.05) is 11.6 Å². The fourth-order valence-corrected chi connectivity index (χ4v) is 5.83. The molecule has 3 atom stereocenters. The molecule has 2 fully saturated rings. The molecule has 27 heavy (non-hydrogen) atoms. The van der Waals surface area contributed by atoms with Crippen LogP contribution in [0.25, 0.3) is 0 Å². The highest BCUT2D eigenvalue weighted by atomic mass is 35.5. The van der Waals surface area contributed by atoms with E-state index < -0.39 is 32.6 Å². The van der Waals surface area contributed by atoms with E-state index in [1.54, 1.807) is 0 Å². The lowest BCUT2D eigenvalue weighted by Gasteiger charge is -2.19. The van der Waals surface area contributed by atoms with Crippen molar-refractivity contribution in [2.45, 2.75) is 47.5 Å². The zero-order valence-corrected chi connectivity index (χ0v) is 16.6. The minimum Gasteiger partial charge on any atom is -0.497 e. The van der Waals surface area contributed by atoms with Crippen LogP contribution >= 0.6 is 11.6 Å². The number of methoxy groups -OCH3 is 2. The maximum Gasteiger partial charge on any atom is 0.227 e. The van der Waals surface area contributed by atoms with Crippen LogP contribution in [0.1, 0.15) is 25.7 Å². The van der Waals surface area contributed by atoms with Gasteiger partial charge in [0, 0.05) is 13.2 Å². The first-order chi connectivity index (χ1) is 12.8. The monoisotopic (exact) mass is 412 g/mol. The fraction of sp³-hybridized carbons (Fsp3) is 0.556. The Morgan fingerprint density at radius 2 is 2.04 bits per heavy atom. The van der Waals surface area contributed by atoms with Crippen molar-refractivity contribution in [3.05, 3.63) is 23.2 Å². The van der Waals surface area contributed by atoms with Gasteiger partial charge >= 0.3 is 0 Å². The zero-order chi connectivity index (χ0) is 19.8. The topological polar surface area (TPSA) is 105 Å². The van der Waals surface area contributed by atoms with Crippen molar-refractivity contribution in [1.82, 2.24) is 5.32 Å². The Kier molecular flexibility index (Phi) is 5.39. The number of nitrogens with zero attached hydrogens (tertiary/aromatic N) is 1. The number of amides is 1. The second-order valence-electron chi connectivity index (χ2n) is 7.00. The third-order valence-corrected chi connectivity index (χ3v) is 7.97. The number of ether oxygens (including phenoxy) is 2. The molecule has 0 radical (unpaired) electrons. The molecule has 0 aliphatic heterocycles. The van der Waals surface area contributed by atoms with Gasteiger partial charge in [0.25, 0.3) is 0 Å². The van der Waals surface area contributed by atoms with Crippen molar-refractivity contribution in [3.63, 3.8) is 0 Å². The molecule has 1 aromatic carbocycles. The van der Waals surface area contributed by atoms with Crippen LogP contribution in [0.3, 0.4) is 0 Å². The highest BCUT2D eigenvalue weighted by Crippen LogP contribution is 2.40. The first-order valence-corrected chi connectivity index (χ1v) is 10.5. The molecule has 2 aliphatic rings. The van der Waals surface area contributed by atoms with Crippen LogP contribution in [0.15, 0.2) is 23.1 Å². The molecule has 1 amide bonds. The number of rotatable bonds is 6. The van der Waals surface area contributed by atoms with Gasteiger partial charge in [-0.15, -0.1) is 0 Å². The summed E-state index contributed by atoms with van der Waals surface area (Å²) >= 11 is 6.15. The van der Waals surface area contributed by atoms with Gasteiger partial charge < -0.3 is 14.8 Å². The Morgan fingerprint density at radius 1 is 1.33 bits per heavy atom. The van der Waals surface area contributed by atoms with Crippen molar-refractivity contribution < 1.29 is 22.7 Å². The van der Waals surface area contributed by atoms with E-state index in [1.165, 1.54) is 32.4 Å². The summed E-state index contributed by atoms with van der Waals surface area (Å²) in [6.07, 6.45) is 1.01. The highest BCUT2D eigenvalue weighted by molar-refractivity contribution is 7.92. The minimum atomic E-state index is -3.75. The summed E-state index contributed by atoms with van der Waals surface area (Å²) in [4.78, 5) is 12.6. The SMILES string of the molecule is COc1ccc(S(=O)(=O)C2C[C@H](OC)[C@@H](C(=O)NC3(C#N)CC3)C2)c(Cl)c1. The maximum atomic E-state index is 13.1. The first kappa shape index (κ1) is 19.9. The molecule has 0 aromatic heterocycles. The molecule has 0 heterocycles. The molecule has 2 aliphatic carbocycles. The van der Waals surface area contributed by atoms with Crippen LogP contribution in [-0.2, 0) is 19.4 Å². The molecule has 0 bridgehead atoms. The molecular weight excluding hydrogens is 392 g/mol. The van der Waals surface area contributed by atoms with Gasteiger partial charge in [0.15, 0.2) is 9.84 Å². The average Bonchev–Trinajstić information content (AvgIpc) is 3.27. The van der Waals surface area contributed by atoms with E-state index in [9.17, 15) is 13.2 Å². The lowest BCUT2D eigenvalue weighted by atomic mass is 10.0. The molecular formula is C18H21ClN2O5S. The van der Waals surface area contributed by atoms with Gasteiger partial charge in [0.05, 0.1) is 40.4 Å². The summed E-state index contributed by atoms with van der Waals surface area (Å²) in [5, 5.41) is 11.2. The number of carbonyl (C=O) groups is 1. The summed E-state index contributed by atoms with van der Waals surface area (Å²) in [6, 6.07) is 6.51. The number of hydrogen-bond donors (Lipinski definition) is 1. The van der Waals surface area contributed by atoms with Gasteiger partial charge in [0.1, 0.15) is 11.3 Å². The Morgan fingerprint density at radius 3 is 2.56 bits per heavy atom. The molecule has 1 N–H and O–H groups in total. The lowest BCUT2D eigenvalue weighted by molar-refractivity contribution is -0.128. The molecule has 2 saturated carbocycles. The van der Waals surface area contributed by atoms with Crippen LogP contribution < -0.4 is 10.1 Å². The van der Waals surface area contributed by atoms with Crippen molar-refractivity contribution in [2.24, 2.45) is 5.92 Å². The Hall–Kier alpha value is -1.82. The van der Waals surface area contributed by atoms with E-state index in [0.29, 0.717) is 18.6 Å². The Bertz CT molecular complexity index is 892. The van der Waals surface area contributed by atoms with Crippen LogP contribution in [-0.4, -0.2) is 45.4 Å². The summed E-state index contributed by atoms with van der Waals surface area (Å²) in [5.74, 6) is -0.499. The summed E-state index contributed by atoms with van der Waals surface area (Å²) in [6.45, 7) is 0. The third-order valence-electron chi connectivity index (χ3n) is 5.31. The predicted molar refractivity (Wildman–Crippen MR) is 98.2 cm³/mol. The standard InChI is InChI=1S/C18H21ClN2O5S/c1-25-11-3-4-16(14(19)7-11)27(23,24)12-8-13(15(9-12)26-2)17(22)21-18(10-20)5-6-18/h3-4,7,12-13,15H,5-6,8-9H2,1-2H3,(H,21,22)/t12?,13-,15-/m0/s1. The van der Waals surface area contributed by atoms with Crippen LogP contribution in [0, 0.1) is 17.2 Å². The summed E-state index contributed by atoms with van der Waals surface area (Å²) in [5.41, 5.74) is -0.800. The van der Waals surface area contributed by atoms with Crippen molar-refractivity contribution in [3.8, 4) is 11.8 Å². The third kappa shape index (κ3) is 3.77. The van der Waals surface area contributed by atoms with E-state index in [4.69, 9.17) is 26.3 Å². The summed E-state index contributed by atoms with van der Waals surface area (Å²) < 4.78 is 36.6. The summed E-state index contributed by atoms with van der Waals surface area (Å²) in [7, 11) is -0.825. The normalized spacial score (nSPS) is 26.2. The second kappa shape index (κ2) is 7.30. The molecule has 0 saturated heterocycles. The number of carbonyl (C=O) groups excluding carboxylic acids is 1. The smallest absolute Gasteiger partial charge is 0.227 e. The minimum absolute atomic E-state index is 0.0153. The number of hydrogen-bond acceptors (Lipinski definition) is 6. The van der Waals surface area contributed by atoms with Crippen molar-refractivity contribution in [2.75, 3.05) is 14.2 Å². The van der Waals surface area contributed by atoms with Crippen LogP contribution in [0.5, 0.6) is 5.75 Å². The molecule has 146 valence electrons. The molecule has 7 nitrogen and oxygen atoms in total. The van der Waals surface area contributed by atoms with E-state index in [2.05, 4.69) is 11.4 Å². The Balaban J connectivity index is 1.81. The van der Waals surface area contributed by atoms with Crippen molar-refractivity contribution >= 4 is 27.3 Å². The maximum absolute atomic E-state index is 13.1. The molecule has 0 spiro atoms. The van der Waals surface area contributed by atoms with Crippen molar-refractivity contribution in [1.29, 1.82) is 5.26 Å². The highest BCUT2D eigenvalue weighted by Gasteiger charge is 2.50. The number of benzene rings is 1. The number of halogens is 1. The van der Waals surface area contributed by atoms with Crippen LogP contribution in [0.2, 0.25) is 5.02 Å². The quantitative estimate of drug-likeness (QED) is 0.766. The van der Waals surface area contributed by atoms with Gasteiger partial charge in [-0.2, -0.15) is 5.26 Å². The van der Waals surface area contributed by atoms with Gasteiger partial charge in [0.2, 0.25) is 5.91 Å². The van der Waals surface area contributed by atoms with Gasteiger partial charge in [-0.05, 0) is 37.8 Å². The average molecular weight is 413 g/mol. The largest absolute Gasteiger partial charge is 0.497 e. The number of nitriles is 1. The molecule has 9 heteroatoms. The predicted octanol–water partition coefficient (Wildman–Crippen LogP) is 2.09. The van der Waals surface area contributed by atoms with E-state index in [-0.39, 0.29) is 28.7 Å². The second-order valence-corrected chi connectivity index (χ2v) is 9.60. The lowest BCUT2D eigenvalue weighted by Crippen LogP contribution is -2.42. The number of nitrogens with one attached hydrogen (secondary N) is 1. The number of sulfone groups is 1. The van der Waals surface area contributed by atoms with E-state index >= 15 is 0 Å². The molecule has 3 rings (SSSR count). The fourth-order valence-electron chi connectivity index (χ4n) is 3.48.